The minimum absolute atomic E-state index is 0.0572. The predicted molar refractivity (Wildman–Crippen MR) is 128 cm³/mol. The third-order valence-electron chi connectivity index (χ3n) is 5.20. The molecule has 0 bridgehead atoms. The number of phosphoric ester groups is 1. The van der Waals surface area contributed by atoms with E-state index in [-0.39, 0.29) is 24.1 Å². The molecule has 1 atom stereocenters. The van der Waals surface area contributed by atoms with Crippen LogP contribution in [0, 0.1) is 0 Å². The molecule has 2 amide bonds. The topological polar surface area (TPSA) is 125 Å². The Hall–Kier alpha value is -3.36. The van der Waals surface area contributed by atoms with Crippen molar-refractivity contribution in [3.05, 3.63) is 78.6 Å². The molecule has 0 spiro atoms. The quantitative estimate of drug-likeness (QED) is 0.192. The molecule has 3 N–H and O–H groups in total. The van der Waals surface area contributed by atoms with Gasteiger partial charge in [0.15, 0.2) is 0 Å². The standard InChI is InChI=1S/C23H20ClN2O7P/c24-13-15-14-26(21(27)10-11-32-23(28)25-16-6-2-1-3-7-16)19-12-20(33-34(29,30)31)17-8-4-5-9-18(17)22(15)19/h1-12,15H,13-14H2,(H,25,28)(H2,29,30,31)/t15-/m1/s1. The molecule has 4 rings (SSSR count). The highest BCUT2D eigenvalue weighted by molar-refractivity contribution is 7.46. The van der Waals surface area contributed by atoms with Crippen LogP contribution >= 0.6 is 19.4 Å². The highest BCUT2D eigenvalue weighted by atomic mass is 35.5. The Morgan fingerprint density at radius 3 is 2.47 bits per heavy atom. The van der Waals surface area contributed by atoms with Gasteiger partial charge in [0.05, 0.1) is 5.69 Å². The van der Waals surface area contributed by atoms with Gasteiger partial charge < -0.3 is 14.2 Å². The van der Waals surface area contributed by atoms with Gasteiger partial charge in [0, 0.05) is 41.6 Å². The molecule has 0 unspecified atom stereocenters. The lowest BCUT2D eigenvalue weighted by molar-refractivity contribution is -0.114. The Morgan fingerprint density at radius 2 is 1.79 bits per heavy atom. The Labute approximate surface area is 199 Å². The van der Waals surface area contributed by atoms with Crippen LogP contribution in [0.4, 0.5) is 16.2 Å². The number of fused-ring (bicyclic) bond motifs is 3. The van der Waals surface area contributed by atoms with E-state index in [1.807, 2.05) is 0 Å². The first-order valence-electron chi connectivity index (χ1n) is 10.1. The summed E-state index contributed by atoms with van der Waals surface area (Å²) in [6.07, 6.45) is 1.30. The highest BCUT2D eigenvalue weighted by Crippen LogP contribution is 2.49. The van der Waals surface area contributed by atoms with Crippen LogP contribution in [0.5, 0.6) is 5.75 Å². The number of ether oxygens (including phenoxy) is 1. The number of nitrogens with one attached hydrogen (secondary N) is 1. The number of para-hydroxylation sites is 1. The Balaban J connectivity index is 1.60. The van der Waals surface area contributed by atoms with Crippen LogP contribution in [0.25, 0.3) is 10.8 Å². The number of hydrogen-bond acceptors (Lipinski definition) is 5. The van der Waals surface area contributed by atoms with Gasteiger partial charge in [0.25, 0.3) is 5.91 Å². The highest BCUT2D eigenvalue weighted by Gasteiger charge is 2.34. The molecule has 3 aromatic rings. The van der Waals surface area contributed by atoms with Gasteiger partial charge in [-0.25, -0.2) is 9.36 Å². The molecule has 0 saturated heterocycles. The third kappa shape index (κ3) is 5.24. The maximum Gasteiger partial charge on any atom is 0.524 e. The number of carbonyl (C=O) groups excluding carboxylic acids is 2. The van der Waals surface area contributed by atoms with E-state index in [1.54, 1.807) is 54.6 Å². The molecule has 3 aromatic carbocycles. The Kier molecular flexibility index (Phi) is 6.90. The third-order valence-corrected chi connectivity index (χ3v) is 6.01. The zero-order valence-corrected chi connectivity index (χ0v) is 19.3. The van der Waals surface area contributed by atoms with Crippen molar-refractivity contribution in [3.8, 4) is 5.75 Å². The molecule has 0 fully saturated rings. The van der Waals surface area contributed by atoms with Gasteiger partial charge in [-0.15, -0.1) is 11.6 Å². The molecule has 0 saturated carbocycles. The lowest BCUT2D eigenvalue weighted by Crippen LogP contribution is -2.28. The van der Waals surface area contributed by atoms with Crippen molar-refractivity contribution in [2.45, 2.75) is 5.92 Å². The number of amides is 2. The maximum absolute atomic E-state index is 12.9. The Morgan fingerprint density at radius 1 is 1.12 bits per heavy atom. The summed E-state index contributed by atoms with van der Waals surface area (Å²) in [6, 6.07) is 17.0. The van der Waals surface area contributed by atoms with Gasteiger partial charge >= 0.3 is 13.9 Å². The Bertz CT molecular complexity index is 1310. The van der Waals surface area contributed by atoms with Crippen LogP contribution in [0.1, 0.15) is 11.5 Å². The molecule has 0 aliphatic carbocycles. The van der Waals surface area contributed by atoms with Gasteiger partial charge in [0.2, 0.25) is 0 Å². The molecule has 1 aliphatic heterocycles. The summed E-state index contributed by atoms with van der Waals surface area (Å²) in [6.45, 7) is 0.238. The first-order chi connectivity index (χ1) is 16.3. The lowest BCUT2D eigenvalue weighted by atomic mass is 9.95. The number of nitrogens with zero attached hydrogens (tertiary/aromatic N) is 1. The summed E-state index contributed by atoms with van der Waals surface area (Å²) >= 11 is 6.19. The predicted octanol–water partition coefficient (Wildman–Crippen LogP) is 4.74. The molecule has 11 heteroatoms. The van der Waals surface area contributed by atoms with E-state index in [0.29, 0.717) is 22.1 Å². The van der Waals surface area contributed by atoms with E-state index in [4.69, 9.17) is 20.9 Å². The monoisotopic (exact) mass is 502 g/mol. The first-order valence-corrected chi connectivity index (χ1v) is 12.2. The van der Waals surface area contributed by atoms with Crippen molar-refractivity contribution in [1.82, 2.24) is 0 Å². The van der Waals surface area contributed by atoms with Crippen molar-refractivity contribution in [2.24, 2.45) is 0 Å². The van der Waals surface area contributed by atoms with Crippen LogP contribution in [0.15, 0.2) is 73.0 Å². The zero-order valence-electron chi connectivity index (χ0n) is 17.6. The van der Waals surface area contributed by atoms with Crippen molar-refractivity contribution in [2.75, 3.05) is 22.6 Å². The summed E-state index contributed by atoms with van der Waals surface area (Å²) in [5.41, 5.74) is 1.72. The second-order valence-electron chi connectivity index (χ2n) is 7.43. The second kappa shape index (κ2) is 9.87. The number of benzene rings is 3. The molecule has 176 valence electrons. The normalized spacial score (nSPS) is 15.4. The number of carbonyl (C=O) groups is 2. The summed E-state index contributed by atoms with van der Waals surface area (Å²) in [5.74, 6) is -0.554. The van der Waals surface area contributed by atoms with Crippen molar-refractivity contribution in [1.29, 1.82) is 0 Å². The number of phosphoric acid groups is 1. The minimum Gasteiger partial charge on any atom is -0.418 e. The van der Waals surface area contributed by atoms with Crippen molar-refractivity contribution >= 4 is 53.6 Å². The summed E-state index contributed by atoms with van der Waals surface area (Å²) in [5, 5.41) is 3.69. The molecule has 0 aromatic heterocycles. The fraction of sp³-hybridized carbons (Fsp3) is 0.130. The van der Waals surface area contributed by atoms with E-state index in [1.165, 1.54) is 11.0 Å². The smallest absolute Gasteiger partial charge is 0.418 e. The van der Waals surface area contributed by atoms with Crippen molar-refractivity contribution < 1.29 is 33.2 Å². The van der Waals surface area contributed by atoms with E-state index < -0.39 is 19.8 Å². The summed E-state index contributed by atoms with van der Waals surface area (Å²) < 4.78 is 21.4. The number of halogens is 1. The minimum atomic E-state index is -4.85. The molecular weight excluding hydrogens is 483 g/mol. The average Bonchev–Trinajstić information content (AvgIpc) is 3.17. The summed E-state index contributed by atoms with van der Waals surface area (Å²) in [4.78, 5) is 44.9. The van der Waals surface area contributed by atoms with Gasteiger partial charge in [-0.05, 0) is 23.1 Å². The van der Waals surface area contributed by atoms with Crippen LogP contribution in [0.2, 0.25) is 0 Å². The molecule has 1 aliphatic rings. The number of hydrogen-bond donors (Lipinski definition) is 3. The van der Waals surface area contributed by atoms with Gasteiger partial charge in [0.1, 0.15) is 12.0 Å². The van der Waals surface area contributed by atoms with Crippen LogP contribution in [0.3, 0.4) is 0 Å². The van der Waals surface area contributed by atoms with E-state index in [9.17, 15) is 23.9 Å². The van der Waals surface area contributed by atoms with E-state index in [0.717, 1.165) is 17.9 Å². The molecular formula is C23H20ClN2O7P. The van der Waals surface area contributed by atoms with Gasteiger partial charge in [-0.2, -0.15) is 0 Å². The molecule has 0 radical (unpaired) electrons. The number of alkyl halides is 1. The lowest BCUT2D eigenvalue weighted by Gasteiger charge is -2.18. The SMILES string of the molecule is O=C(Nc1ccccc1)OC=CC(=O)N1C[C@@H](CCl)c2c1cc(OP(=O)(O)O)c1ccccc21. The molecule has 1 heterocycles. The second-order valence-corrected chi connectivity index (χ2v) is 8.91. The van der Waals surface area contributed by atoms with Crippen LogP contribution in [-0.4, -0.2) is 34.2 Å². The van der Waals surface area contributed by atoms with Crippen LogP contribution in [-0.2, 0) is 14.1 Å². The van der Waals surface area contributed by atoms with Crippen molar-refractivity contribution in [3.63, 3.8) is 0 Å². The largest absolute Gasteiger partial charge is 0.524 e. The molecule has 34 heavy (non-hydrogen) atoms. The zero-order chi connectivity index (χ0) is 24.3. The number of rotatable bonds is 6. The van der Waals surface area contributed by atoms with E-state index >= 15 is 0 Å². The van der Waals surface area contributed by atoms with Crippen LogP contribution < -0.4 is 14.7 Å². The summed E-state index contributed by atoms with van der Waals surface area (Å²) in [7, 11) is -4.85. The number of anilines is 2. The van der Waals surface area contributed by atoms with Gasteiger partial charge in [-0.3, -0.25) is 19.9 Å². The van der Waals surface area contributed by atoms with E-state index in [2.05, 4.69) is 5.32 Å². The van der Waals surface area contributed by atoms with Gasteiger partial charge in [-0.1, -0.05) is 42.5 Å². The average molecular weight is 503 g/mol. The fourth-order valence-corrected chi connectivity index (χ4v) is 4.52. The fourth-order valence-electron chi connectivity index (χ4n) is 3.86. The first kappa shape index (κ1) is 23.8. The molecule has 9 nitrogen and oxygen atoms in total. The maximum atomic E-state index is 12.9.